The Hall–Kier alpha value is -3.40. The van der Waals surface area contributed by atoms with Crippen LogP contribution < -0.4 is 4.74 Å². The molecule has 10 heteroatoms. The first kappa shape index (κ1) is 18.0. The Bertz CT molecular complexity index is 1170. The second-order valence-electron chi connectivity index (χ2n) is 5.67. The van der Waals surface area contributed by atoms with E-state index in [4.69, 9.17) is 5.11 Å². The van der Waals surface area contributed by atoms with Crippen LogP contribution in [0.2, 0.25) is 0 Å². The number of alkyl halides is 3. The van der Waals surface area contributed by atoms with E-state index in [1.165, 1.54) is 34.3 Å². The smallest absolute Gasteiger partial charge is 0.476 e. The summed E-state index contributed by atoms with van der Waals surface area (Å²) in [5.74, 6) is -1.47. The second kappa shape index (κ2) is 6.64. The largest absolute Gasteiger partial charge is 0.573 e. The number of para-hydroxylation sites is 1. The zero-order chi connectivity index (χ0) is 19.9. The molecular formula is C18H10F3N3O3S. The van der Waals surface area contributed by atoms with Crippen molar-refractivity contribution >= 4 is 28.2 Å². The van der Waals surface area contributed by atoms with Crippen molar-refractivity contribution in [2.75, 3.05) is 0 Å². The average Bonchev–Trinajstić information content (AvgIpc) is 3.26. The van der Waals surface area contributed by atoms with Gasteiger partial charge < -0.3 is 9.84 Å². The van der Waals surface area contributed by atoms with Gasteiger partial charge >= 0.3 is 12.3 Å². The predicted octanol–water partition coefficient (Wildman–Crippen LogP) is 4.75. The SMILES string of the molecule is O=C(O)c1csc(-n2nc(-c3ccc(OC(F)(F)F)cc3)c3ccccc32)n1. The van der Waals surface area contributed by atoms with Crippen LogP contribution in [0.1, 0.15) is 10.5 Å². The molecule has 0 bridgehead atoms. The number of carboxylic acid groups (broad SMARTS) is 1. The first-order chi connectivity index (χ1) is 13.3. The van der Waals surface area contributed by atoms with Crippen LogP contribution in [0, 0.1) is 0 Å². The molecule has 2 aromatic carbocycles. The fraction of sp³-hybridized carbons (Fsp3) is 0.0556. The van der Waals surface area contributed by atoms with Crippen molar-refractivity contribution in [3.8, 4) is 22.1 Å². The quantitative estimate of drug-likeness (QED) is 0.530. The molecular weight excluding hydrogens is 395 g/mol. The molecule has 4 rings (SSSR count). The first-order valence-electron chi connectivity index (χ1n) is 7.85. The molecule has 2 aromatic heterocycles. The Labute approximate surface area is 159 Å². The minimum Gasteiger partial charge on any atom is -0.476 e. The van der Waals surface area contributed by atoms with Crippen molar-refractivity contribution in [3.05, 3.63) is 59.6 Å². The van der Waals surface area contributed by atoms with Gasteiger partial charge in [-0.3, -0.25) is 0 Å². The van der Waals surface area contributed by atoms with Gasteiger partial charge in [0.25, 0.3) is 0 Å². The minimum atomic E-state index is -4.76. The Morgan fingerprint density at radius 2 is 1.82 bits per heavy atom. The Morgan fingerprint density at radius 3 is 2.46 bits per heavy atom. The summed E-state index contributed by atoms with van der Waals surface area (Å²) in [6.07, 6.45) is -4.76. The molecule has 142 valence electrons. The Morgan fingerprint density at radius 1 is 1.11 bits per heavy atom. The maximum absolute atomic E-state index is 12.3. The number of hydrogen-bond acceptors (Lipinski definition) is 5. The summed E-state index contributed by atoms with van der Waals surface area (Å²) in [5, 5.41) is 16.1. The van der Waals surface area contributed by atoms with E-state index in [1.807, 2.05) is 12.1 Å². The highest BCUT2D eigenvalue weighted by Gasteiger charge is 2.31. The molecule has 0 atom stereocenters. The van der Waals surface area contributed by atoms with Gasteiger partial charge in [-0.15, -0.1) is 24.5 Å². The van der Waals surface area contributed by atoms with Gasteiger partial charge in [0.15, 0.2) is 5.69 Å². The molecule has 28 heavy (non-hydrogen) atoms. The molecule has 0 unspecified atom stereocenters. The summed E-state index contributed by atoms with van der Waals surface area (Å²) in [6.45, 7) is 0. The van der Waals surface area contributed by atoms with Gasteiger partial charge in [0.2, 0.25) is 5.13 Å². The lowest BCUT2D eigenvalue weighted by Crippen LogP contribution is -2.16. The number of rotatable bonds is 4. The third kappa shape index (κ3) is 3.41. The first-order valence-corrected chi connectivity index (χ1v) is 8.73. The number of carboxylic acids is 1. The predicted molar refractivity (Wildman–Crippen MR) is 95.8 cm³/mol. The molecule has 0 radical (unpaired) electrons. The molecule has 0 aliphatic carbocycles. The maximum Gasteiger partial charge on any atom is 0.573 e. The lowest BCUT2D eigenvalue weighted by Gasteiger charge is -2.08. The lowest BCUT2D eigenvalue weighted by atomic mass is 10.1. The molecule has 0 spiro atoms. The molecule has 4 aromatic rings. The highest BCUT2D eigenvalue weighted by Crippen LogP contribution is 2.32. The standard InChI is InChI=1S/C18H10F3N3O3S/c19-18(20,21)27-11-7-5-10(6-8-11)15-12-3-1-2-4-14(12)24(23-15)17-22-13(9-28-17)16(25)26/h1-9H,(H,25,26). The molecule has 0 fully saturated rings. The summed E-state index contributed by atoms with van der Waals surface area (Å²) >= 11 is 1.13. The normalized spacial score (nSPS) is 11.7. The number of fused-ring (bicyclic) bond motifs is 1. The van der Waals surface area contributed by atoms with Crippen molar-refractivity contribution in [2.45, 2.75) is 6.36 Å². The number of aromatic carboxylic acids is 1. The molecule has 0 saturated carbocycles. The van der Waals surface area contributed by atoms with Crippen molar-refractivity contribution < 1.29 is 27.8 Å². The Balaban J connectivity index is 1.79. The van der Waals surface area contributed by atoms with Gasteiger partial charge in [-0.25, -0.2) is 14.5 Å². The number of nitrogens with zero attached hydrogens (tertiary/aromatic N) is 3. The fourth-order valence-electron chi connectivity index (χ4n) is 2.70. The third-order valence-electron chi connectivity index (χ3n) is 3.84. The van der Waals surface area contributed by atoms with E-state index >= 15 is 0 Å². The van der Waals surface area contributed by atoms with Crippen LogP contribution in [0.3, 0.4) is 0 Å². The third-order valence-corrected chi connectivity index (χ3v) is 4.66. The average molecular weight is 405 g/mol. The summed E-state index contributed by atoms with van der Waals surface area (Å²) in [4.78, 5) is 15.2. The number of thiazole rings is 1. The van der Waals surface area contributed by atoms with E-state index in [1.54, 1.807) is 12.1 Å². The van der Waals surface area contributed by atoms with E-state index in [2.05, 4.69) is 14.8 Å². The summed E-state index contributed by atoms with van der Waals surface area (Å²) in [5.41, 5.74) is 1.72. The maximum atomic E-state index is 12.3. The van der Waals surface area contributed by atoms with E-state index in [0.29, 0.717) is 21.9 Å². The molecule has 0 aliphatic rings. The van der Waals surface area contributed by atoms with Crippen LogP contribution in [0.5, 0.6) is 5.75 Å². The molecule has 2 heterocycles. The van der Waals surface area contributed by atoms with Gasteiger partial charge in [0.05, 0.1) is 5.52 Å². The molecule has 0 aliphatic heterocycles. The van der Waals surface area contributed by atoms with Crippen LogP contribution >= 0.6 is 11.3 Å². The zero-order valence-corrected chi connectivity index (χ0v) is 14.7. The monoisotopic (exact) mass is 405 g/mol. The van der Waals surface area contributed by atoms with Gasteiger partial charge in [-0.2, -0.15) is 5.10 Å². The van der Waals surface area contributed by atoms with E-state index in [-0.39, 0.29) is 11.4 Å². The van der Waals surface area contributed by atoms with Crippen LogP contribution in [0.25, 0.3) is 27.3 Å². The van der Waals surface area contributed by atoms with Crippen LogP contribution in [-0.2, 0) is 0 Å². The minimum absolute atomic E-state index is 0.0882. The summed E-state index contributed by atoms with van der Waals surface area (Å²) < 4.78 is 42.4. The van der Waals surface area contributed by atoms with Gasteiger partial charge in [0.1, 0.15) is 11.4 Å². The topological polar surface area (TPSA) is 77.2 Å². The van der Waals surface area contributed by atoms with Gasteiger partial charge in [-0.05, 0) is 30.3 Å². The number of benzene rings is 2. The van der Waals surface area contributed by atoms with Crippen molar-refractivity contribution in [1.29, 1.82) is 0 Å². The number of ether oxygens (including phenoxy) is 1. The molecule has 1 N–H and O–H groups in total. The van der Waals surface area contributed by atoms with Crippen LogP contribution in [0.15, 0.2) is 53.9 Å². The van der Waals surface area contributed by atoms with Crippen LogP contribution in [-0.4, -0.2) is 32.2 Å². The van der Waals surface area contributed by atoms with E-state index < -0.39 is 12.3 Å². The van der Waals surface area contributed by atoms with Gasteiger partial charge in [-0.1, -0.05) is 18.2 Å². The van der Waals surface area contributed by atoms with Gasteiger partial charge in [0, 0.05) is 16.3 Å². The molecule has 0 saturated heterocycles. The van der Waals surface area contributed by atoms with E-state index in [9.17, 15) is 18.0 Å². The second-order valence-corrected chi connectivity index (χ2v) is 6.51. The number of carbonyl (C=O) groups is 1. The Kier molecular flexibility index (Phi) is 4.27. The van der Waals surface area contributed by atoms with Crippen LogP contribution in [0.4, 0.5) is 13.2 Å². The van der Waals surface area contributed by atoms with Crippen molar-refractivity contribution in [1.82, 2.24) is 14.8 Å². The summed E-state index contributed by atoms with van der Waals surface area (Å²) in [6, 6.07) is 12.6. The number of hydrogen-bond donors (Lipinski definition) is 1. The van der Waals surface area contributed by atoms with Crippen molar-refractivity contribution in [3.63, 3.8) is 0 Å². The highest BCUT2D eigenvalue weighted by molar-refractivity contribution is 7.12. The van der Waals surface area contributed by atoms with Crippen molar-refractivity contribution in [2.24, 2.45) is 0 Å². The number of halogens is 3. The lowest BCUT2D eigenvalue weighted by molar-refractivity contribution is -0.274. The van der Waals surface area contributed by atoms with E-state index in [0.717, 1.165) is 16.7 Å². The number of aromatic nitrogens is 3. The zero-order valence-electron chi connectivity index (χ0n) is 13.8. The summed E-state index contributed by atoms with van der Waals surface area (Å²) in [7, 11) is 0. The highest BCUT2D eigenvalue weighted by atomic mass is 32.1. The molecule has 0 amide bonds. The molecule has 6 nitrogen and oxygen atoms in total. The fourth-order valence-corrected chi connectivity index (χ4v) is 3.46.